The number of morpholine rings is 1. The highest BCUT2D eigenvalue weighted by Crippen LogP contribution is 2.17. The molecule has 0 spiro atoms. The van der Waals surface area contributed by atoms with Crippen LogP contribution in [0.4, 0.5) is 4.79 Å². The zero-order chi connectivity index (χ0) is 22.9. The zero-order valence-electron chi connectivity index (χ0n) is 19.9. The van der Waals surface area contributed by atoms with Crippen molar-refractivity contribution in [2.75, 3.05) is 32.7 Å². The molecule has 1 aromatic rings. The van der Waals surface area contributed by atoms with Crippen LogP contribution in [0.25, 0.3) is 0 Å². The Kier molecular flexibility index (Phi) is 9.36. The van der Waals surface area contributed by atoms with Gasteiger partial charge in [0.05, 0.1) is 12.2 Å². The number of carbonyl (C=O) groups excluding carboxylic acids is 2. The molecule has 3 amide bonds. The number of carbonyl (C=O) groups is 2. The van der Waals surface area contributed by atoms with Crippen LogP contribution in [-0.4, -0.2) is 72.7 Å². The fraction of sp³-hybridized carbons (Fsp3) is 0.680. The second-order valence-electron chi connectivity index (χ2n) is 9.36. The number of hydrogen-bond donors (Lipinski definition) is 2. The lowest BCUT2D eigenvalue weighted by Gasteiger charge is -2.35. The number of nitrogens with one attached hydrogen (secondary N) is 2. The van der Waals surface area contributed by atoms with E-state index in [2.05, 4.69) is 22.5 Å². The predicted molar refractivity (Wildman–Crippen MR) is 127 cm³/mol. The van der Waals surface area contributed by atoms with Crippen molar-refractivity contribution < 1.29 is 14.3 Å². The Labute approximate surface area is 192 Å². The molecule has 0 aliphatic carbocycles. The van der Waals surface area contributed by atoms with Crippen LogP contribution in [0.3, 0.4) is 0 Å². The van der Waals surface area contributed by atoms with Crippen molar-refractivity contribution in [1.29, 1.82) is 0 Å². The third kappa shape index (κ3) is 7.48. The molecule has 0 bridgehead atoms. The average Bonchev–Trinajstić information content (AvgIpc) is 2.78. The molecule has 2 saturated heterocycles. The number of rotatable bonds is 8. The van der Waals surface area contributed by atoms with E-state index in [0.717, 1.165) is 24.9 Å². The highest BCUT2D eigenvalue weighted by Gasteiger charge is 2.26. The van der Waals surface area contributed by atoms with E-state index < -0.39 is 0 Å². The molecule has 1 aromatic carbocycles. The molecular formula is C25H40N4O3. The third-order valence-corrected chi connectivity index (χ3v) is 6.46. The van der Waals surface area contributed by atoms with Crippen molar-refractivity contribution in [1.82, 2.24) is 20.4 Å². The Bertz CT molecular complexity index is 729. The minimum Gasteiger partial charge on any atom is -0.372 e. The number of nitrogens with zero attached hydrogens (tertiary/aromatic N) is 2. The fourth-order valence-electron chi connectivity index (χ4n) is 4.67. The molecule has 3 atom stereocenters. The summed E-state index contributed by atoms with van der Waals surface area (Å²) in [6.45, 7) is 11.0. The summed E-state index contributed by atoms with van der Waals surface area (Å²) in [6.07, 6.45) is 6.18. The summed E-state index contributed by atoms with van der Waals surface area (Å²) in [6, 6.07) is 8.03. The predicted octanol–water partition coefficient (Wildman–Crippen LogP) is 3.39. The van der Waals surface area contributed by atoms with Crippen LogP contribution in [0.5, 0.6) is 0 Å². The number of piperidine rings is 1. The van der Waals surface area contributed by atoms with Crippen LogP contribution in [0.2, 0.25) is 0 Å². The zero-order valence-corrected chi connectivity index (χ0v) is 19.9. The third-order valence-electron chi connectivity index (χ3n) is 6.46. The Morgan fingerprint density at radius 2 is 1.72 bits per heavy atom. The lowest BCUT2D eigenvalue weighted by molar-refractivity contribution is -0.0586. The maximum Gasteiger partial charge on any atom is 0.315 e. The molecule has 0 unspecified atom stereocenters. The monoisotopic (exact) mass is 444 g/mol. The lowest BCUT2D eigenvalue weighted by Crippen LogP contribution is -2.48. The van der Waals surface area contributed by atoms with Crippen LogP contribution in [0.15, 0.2) is 24.3 Å². The van der Waals surface area contributed by atoms with Gasteiger partial charge in [0, 0.05) is 37.8 Å². The molecule has 32 heavy (non-hydrogen) atoms. The smallest absolute Gasteiger partial charge is 0.315 e. The van der Waals surface area contributed by atoms with Crippen LogP contribution >= 0.6 is 0 Å². The van der Waals surface area contributed by atoms with Gasteiger partial charge in [-0.2, -0.15) is 0 Å². The number of urea groups is 1. The fourth-order valence-corrected chi connectivity index (χ4v) is 4.67. The largest absolute Gasteiger partial charge is 0.372 e. The average molecular weight is 445 g/mol. The van der Waals surface area contributed by atoms with Gasteiger partial charge < -0.3 is 25.2 Å². The van der Waals surface area contributed by atoms with Crippen molar-refractivity contribution in [2.45, 2.75) is 77.7 Å². The standard InChI is InChI=1S/C25H40N4O3/c1-19-8-4-6-14-28(19)15-7-5-13-26-25(31)27-16-22-9-11-23(12-10-22)24(30)29-17-20(2)32-21(3)18-29/h9-12,19-21H,4-8,13-18H2,1-3H3,(H2,26,27,31)/t19-,20-,21+/m0/s1. The number of hydrogen-bond acceptors (Lipinski definition) is 4. The van der Waals surface area contributed by atoms with Gasteiger partial charge in [0.1, 0.15) is 0 Å². The number of ether oxygens (including phenoxy) is 1. The van der Waals surface area contributed by atoms with E-state index in [1.807, 2.05) is 43.0 Å². The molecule has 2 aliphatic rings. The Morgan fingerprint density at radius 3 is 2.41 bits per heavy atom. The molecule has 2 N–H and O–H groups in total. The highest BCUT2D eigenvalue weighted by molar-refractivity contribution is 5.94. The summed E-state index contributed by atoms with van der Waals surface area (Å²) in [5, 5.41) is 5.84. The molecule has 0 saturated carbocycles. The summed E-state index contributed by atoms with van der Waals surface area (Å²) in [5.74, 6) is 0.0307. The van der Waals surface area contributed by atoms with E-state index in [4.69, 9.17) is 4.74 Å². The van der Waals surface area contributed by atoms with E-state index in [0.29, 0.717) is 37.8 Å². The van der Waals surface area contributed by atoms with Crippen molar-refractivity contribution in [3.63, 3.8) is 0 Å². The number of benzene rings is 1. The maximum absolute atomic E-state index is 12.7. The van der Waals surface area contributed by atoms with E-state index >= 15 is 0 Å². The van der Waals surface area contributed by atoms with Crippen molar-refractivity contribution in [2.24, 2.45) is 0 Å². The quantitative estimate of drug-likeness (QED) is 0.603. The summed E-state index contributed by atoms with van der Waals surface area (Å²) in [4.78, 5) is 29.2. The van der Waals surface area contributed by atoms with Crippen molar-refractivity contribution in [3.8, 4) is 0 Å². The molecule has 2 fully saturated rings. The van der Waals surface area contributed by atoms with Gasteiger partial charge in [-0.1, -0.05) is 18.6 Å². The summed E-state index contributed by atoms with van der Waals surface area (Å²) >= 11 is 0. The van der Waals surface area contributed by atoms with Gasteiger partial charge in [0.25, 0.3) is 5.91 Å². The Balaban J connectivity index is 1.32. The molecule has 2 heterocycles. The van der Waals surface area contributed by atoms with Gasteiger partial charge in [0.15, 0.2) is 0 Å². The topological polar surface area (TPSA) is 73.9 Å². The second kappa shape index (κ2) is 12.2. The second-order valence-corrected chi connectivity index (χ2v) is 9.36. The van der Waals surface area contributed by atoms with Gasteiger partial charge in [-0.3, -0.25) is 4.79 Å². The van der Waals surface area contributed by atoms with Crippen LogP contribution in [0.1, 0.15) is 68.8 Å². The van der Waals surface area contributed by atoms with Gasteiger partial charge in [0.2, 0.25) is 0 Å². The van der Waals surface area contributed by atoms with Crippen molar-refractivity contribution in [3.05, 3.63) is 35.4 Å². The molecule has 7 nitrogen and oxygen atoms in total. The number of amides is 3. The Hall–Kier alpha value is -2.12. The molecule has 0 aromatic heterocycles. The first-order chi connectivity index (χ1) is 15.4. The first kappa shape index (κ1) is 24.5. The Morgan fingerprint density at radius 1 is 1.00 bits per heavy atom. The van der Waals surface area contributed by atoms with E-state index in [-0.39, 0.29) is 24.1 Å². The molecule has 0 radical (unpaired) electrons. The highest BCUT2D eigenvalue weighted by atomic mass is 16.5. The van der Waals surface area contributed by atoms with Crippen LogP contribution in [0, 0.1) is 0 Å². The minimum absolute atomic E-state index is 0.0307. The normalized spacial score (nSPS) is 24.2. The van der Waals surface area contributed by atoms with Gasteiger partial charge in [-0.05, 0) is 77.2 Å². The summed E-state index contributed by atoms with van der Waals surface area (Å²) < 4.78 is 5.71. The van der Waals surface area contributed by atoms with Crippen molar-refractivity contribution >= 4 is 11.9 Å². The first-order valence-electron chi connectivity index (χ1n) is 12.2. The summed E-state index contributed by atoms with van der Waals surface area (Å²) in [7, 11) is 0. The molecule has 7 heteroatoms. The maximum atomic E-state index is 12.7. The lowest BCUT2D eigenvalue weighted by atomic mass is 10.0. The molecule has 178 valence electrons. The van der Waals surface area contributed by atoms with E-state index in [1.165, 1.54) is 25.8 Å². The summed E-state index contributed by atoms with van der Waals surface area (Å²) in [5.41, 5.74) is 1.64. The molecular weight excluding hydrogens is 404 g/mol. The van der Waals surface area contributed by atoms with Crippen LogP contribution in [-0.2, 0) is 11.3 Å². The van der Waals surface area contributed by atoms with E-state index in [1.54, 1.807) is 0 Å². The molecule has 3 rings (SSSR count). The first-order valence-corrected chi connectivity index (χ1v) is 12.2. The molecule has 2 aliphatic heterocycles. The van der Waals surface area contributed by atoms with Gasteiger partial charge in [-0.15, -0.1) is 0 Å². The SMILES string of the molecule is C[C@@H]1CN(C(=O)c2ccc(CNC(=O)NCCCCN3CCCC[C@@H]3C)cc2)C[C@H](C)O1. The number of likely N-dealkylation sites (tertiary alicyclic amines) is 1. The van der Waals surface area contributed by atoms with E-state index in [9.17, 15) is 9.59 Å². The number of unbranched alkanes of at least 4 members (excludes halogenated alkanes) is 1. The van der Waals surface area contributed by atoms with Crippen LogP contribution < -0.4 is 10.6 Å². The van der Waals surface area contributed by atoms with Gasteiger partial charge in [-0.25, -0.2) is 4.79 Å². The van der Waals surface area contributed by atoms with Gasteiger partial charge >= 0.3 is 6.03 Å². The minimum atomic E-state index is -0.146.